The molecule has 0 aromatic carbocycles. The Hall–Kier alpha value is -0.560. The Bertz CT molecular complexity index is 244. The van der Waals surface area contributed by atoms with Gasteiger partial charge in [0.2, 0.25) is 0 Å². The summed E-state index contributed by atoms with van der Waals surface area (Å²) in [7, 11) is 0. The first-order chi connectivity index (χ1) is 5.92. The predicted octanol–water partition coefficient (Wildman–Crippen LogP) is 2.92. The normalized spacial score (nSPS) is 17.8. The van der Waals surface area contributed by atoms with Gasteiger partial charge in [-0.05, 0) is 17.3 Å². The van der Waals surface area contributed by atoms with Crippen molar-refractivity contribution in [2.45, 2.75) is 34.1 Å². The highest BCUT2D eigenvalue weighted by molar-refractivity contribution is 5.29. The van der Waals surface area contributed by atoms with Crippen LogP contribution in [-0.2, 0) is 0 Å². The Kier molecular flexibility index (Phi) is 2.67. The van der Waals surface area contributed by atoms with Gasteiger partial charge >= 0.3 is 0 Å². The Morgan fingerprint density at radius 2 is 1.92 bits per heavy atom. The second kappa shape index (κ2) is 3.30. The van der Waals surface area contributed by atoms with E-state index in [2.05, 4.69) is 45.9 Å². The van der Waals surface area contributed by atoms with Gasteiger partial charge in [-0.2, -0.15) is 0 Å². The average molecular weight is 180 g/mol. The van der Waals surface area contributed by atoms with Crippen LogP contribution in [0.5, 0.6) is 0 Å². The molecule has 0 fully saturated rings. The molecule has 1 aliphatic carbocycles. The third-order valence-corrected chi connectivity index (χ3v) is 3.66. The molecule has 1 aliphatic rings. The van der Waals surface area contributed by atoms with E-state index in [1.807, 2.05) is 0 Å². The number of hydrogen-bond donors (Lipinski definition) is 1. The van der Waals surface area contributed by atoms with Crippen molar-refractivity contribution in [3.8, 4) is 0 Å². The Balaban J connectivity index is 2.88. The molecule has 13 heavy (non-hydrogen) atoms. The maximum absolute atomic E-state index is 9.34. The lowest BCUT2D eigenvalue weighted by atomic mass is 9.64. The number of rotatable bonds is 3. The topological polar surface area (TPSA) is 20.2 Å². The maximum atomic E-state index is 9.34. The largest absolute Gasteiger partial charge is 0.396 e. The molecule has 0 amide bonds. The molecule has 1 heteroatoms. The van der Waals surface area contributed by atoms with Crippen LogP contribution in [0.3, 0.4) is 0 Å². The third-order valence-electron chi connectivity index (χ3n) is 3.66. The van der Waals surface area contributed by atoms with E-state index in [4.69, 9.17) is 0 Å². The van der Waals surface area contributed by atoms with Crippen LogP contribution in [0.25, 0.3) is 0 Å². The minimum absolute atomic E-state index is 0.0507. The highest BCUT2D eigenvalue weighted by Crippen LogP contribution is 2.46. The number of aliphatic hydroxyl groups excluding tert-OH is 1. The van der Waals surface area contributed by atoms with Crippen LogP contribution < -0.4 is 0 Å². The molecule has 0 aromatic heterocycles. The summed E-state index contributed by atoms with van der Waals surface area (Å²) < 4.78 is 0. The summed E-state index contributed by atoms with van der Waals surface area (Å²) in [5, 5.41) is 9.34. The molecule has 1 nitrogen and oxygen atoms in total. The number of hydrogen-bond acceptors (Lipinski definition) is 1. The van der Waals surface area contributed by atoms with E-state index >= 15 is 0 Å². The predicted molar refractivity (Wildman–Crippen MR) is 56.5 cm³/mol. The molecule has 74 valence electrons. The smallest absolute Gasteiger partial charge is 0.0490 e. The summed E-state index contributed by atoms with van der Waals surface area (Å²) in [6.07, 6.45) is 7.49. The van der Waals surface area contributed by atoms with Gasteiger partial charge in [-0.15, -0.1) is 0 Å². The van der Waals surface area contributed by atoms with E-state index in [0.717, 1.165) is 6.42 Å². The van der Waals surface area contributed by atoms with Gasteiger partial charge in [0.25, 0.3) is 0 Å². The van der Waals surface area contributed by atoms with Crippen LogP contribution in [0.15, 0.2) is 23.8 Å². The molecule has 1 N–H and O–H groups in total. The summed E-state index contributed by atoms with van der Waals surface area (Å²) in [4.78, 5) is 0. The van der Waals surface area contributed by atoms with Crippen LogP contribution in [0.4, 0.5) is 0 Å². The minimum atomic E-state index is -0.0507. The van der Waals surface area contributed by atoms with Crippen molar-refractivity contribution < 1.29 is 5.11 Å². The Morgan fingerprint density at radius 3 is 2.31 bits per heavy atom. The van der Waals surface area contributed by atoms with Crippen LogP contribution in [-0.4, -0.2) is 11.7 Å². The van der Waals surface area contributed by atoms with Crippen molar-refractivity contribution in [2.24, 2.45) is 10.8 Å². The quantitative estimate of drug-likeness (QED) is 0.708. The summed E-state index contributed by atoms with van der Waals surface area (Å²) in [6.45, 7) is 8.89. The molecule has 0 heterocycles. The van der Waals surface area contributed by atoms with Crippen molar-refractivity contribution >= 4 is 0 Å². The van der Waals surface area contributed by atoms with Crippen molar-refractivity contribution in [1.29, 1.82) is 0 Å². The van der Waals surface area contributed by atoms with Crippen molar-refractivity contribution in [3.63, 3.8) is 0 Å². The molecule has 0 aromatic rings. The van der Waals surface area contributed by atoms with Crippen molar-refractivity contribution in [3.05, 3.63) is 23.8 Å². The van der Waals surface area contributed by atoms with Crippen LogP contribution in [0, 0.1) is 10.8 Å². The van der Waals surface area contributed by atoms with E-state index in [9.17, 15) is 5.11 Å². The lowest BCUT2D eigenvalue weighted by Crippen LogP contribution is -2.36. The van der Waals surface area contributed by atoms with Gasteiger partial charge in [-0.1, -0.05) is 51.5 Å². The standard InChI is InChI=1S/C12H20O/c1-11(2,9-13)12(3,4)10-7-5-6-8-10/h5-7,13H,8-9H2,1-4H3. The van der Waals surface area contributed by atoms with Crippen LogP contribution in [0.2, 0.25) is 0 Å². The van der Waals surface area contributed by atoms with Gasteiger partial charge in [-0.25, -0.2) is 0 Å². The van der Waals surface area contributed by atoms with Gasteiger partial charge in [0.05, 0.1) is 0 Å². The molecule has 0 aliphatic heterocycles. The highest BCUT2D eigenvalue weighted by atomic mass is 16.3. The zero-order valence-corrected chi connectivity index (χ0v) is 9.09. The molecule has 0 bridgehead atoms. The lowest BCUT2D eigenvalue weighted by molar-refractivity contribution is 0.0611. The summed E-state index contributed by atoms with van der Waals surface area (Å²) >= 11 is 0. The summed E-state index contributed by atoms with van der Waals surface area (Å²) in [5.74, 6) is 0. The Morgan fingerprint density at radius 1 is 1.31 bits per heavy atom. The first-order valence-electron chi connectivity index (χ1n) is 4.89. The minimum Gasteiger partial charge on any atom is -0.396 e. The molecule has 0 unspecified atom stereocenters. The van der Waals surface area contributed by atoms with Gasteiger partial charge in [0, 0.05) is 6.61 Å². The van der Waals surface area contributed by atoms with E-state index in [-0.39, 0.29) is 17.4 Å². The van der Waals surface area contributed by atoms with E-state index in [1.165, 1.54) is 5.57 Å². The molecule has 0 saturated heterocycles. The molecule has 0 spiro atoms. The fraction of sp³-hybridized carbons (Fsp3) is 0.667. The van der Waals surface area contributed by atoms with Gasteiger partial charge in [0.15, 0.2) is 0 Å². The van der Waals surface area contributed by atoms with Gasteiger partial charge < -0.3 is 5.11 Å². The van der Waals surface area contributed by atoms with Gasteiger partial charge in [-0.3, -0.25) is 0 Å². The van der Waals surface area contributed by atoms with E-state index in [1.54, 1.807) is 0 Å². The Labute approximate surface area is 81.2 Å². The summed E-state index contributed by atoms with van der Waals surface area (Å²) in [6, 6.07) is 0. The van der Waals surface area contributed by atoms with E-state index in [0.29, 0.717) is 0 Å². The fourth-order valence-electron chi connectivity index (χ4n) is 1.54. The maximum Gasteiger partial charge on any atom is 0.0490 e. The van der Waals surface area contributed by atoms with Crippen molar-refractivity contribution in [1.82, 2.24) is 0 Å². The molecular weight excluding hydrogens is 160 g/mol. The first kappa shape index (κ1) is 10.5. The average Bonchev–Trinajstić information content (AvgIpc) is 2.56. The van der Waals surface area contributed by atoms with Crippen LogP contribution in [0.1, 0.15) is 34.1 Å². The summed E-state index contributed by atoms with van der Waals surface area (Å²) in [5.41, 5.74) is 1.45. The second-order valence-electron chi connectivity index (χ2n) is 4.99. The fourth-order valence-corrected chi connectivity index (χ4v) is 1.54. The SMILES string of the molecule is CC(C)(CO)C(C)(C)C1=CC=CC1. The first-order valence-corrected chi connectivity index (χ1v) is 4.89. The zero-order chi connectivity index (χ0) is 10.1. The third kappa shape index (κ3) is 1.71. The van der Waals surface area contributed by atoms with Crippen LogP contribution >= 0.6 is 0 Å². The number of aliphatic hydroxyl groups is 1. The van der Waals surface area contributed by atoms with Gasteiger partial charge in [0.1, 0.15) is 0 Å². The molecular formula is C12H20O. The molecule has 1 rings (SSSR count). The molecule has 0 radical (unpaired) electrons. The second-order valence-corrected chi connectivity index (χ2v) is 4.99. The molecule has 0 saturated carbocycles. The lowest BCUT2D eigenvalue weighted by Gasteiger charge is -2.41. The number of allylic oxidation sites excluding steroid dienone is 4. The van der Waals surface area contributed by atoms with Crippen molar-refractivity contribution in [2.75, 3.05) is 6.61 Å². The van der Waals surface area contributed by atoms with E-state index < -0.39 is 0 Å². The zero-order valence-electron chi connectivity index (χ0n) is 9.09. The monoisotopic (exact) mass is 180 g/mol. The highest BCUT2D eigenvalue weighted by Gasteiger charge is 2.39. The molecule has 0 atom stereocenters.